The second-order valence-electron chi connectivity index (χ2n) is 5.95. The summed E-state index contributed by atoms with van der Waals surface area (Å²) in [5, 5.41) is 2.72. The van der Waals surface area contributed by atoms with E-state index < -0.39 is 12.8 Å². The number of nitrogens with zero attached hydrogens (tertiary/aromatic N) is 1. The molecule has 1 aromatic rings. The molecule has 5 nitrogen and oxygen atoms in total. The number of carbonyl (C=O) groups excluding carboxylic acids is 1. The van der Waals surface area contributed by atoms with E-state index in [2.05, 4.69) is 5.32 Å². The lowest BCUT2D eigenvalue weighted by atomic mass is 10.1. The van der Waals surface area contributed by atoms with Crippen LogP contribution in [0.3, 0.4) is 0 Å². The zero-order valence-corrected chi connectivity index (χ0v) is 14.2. The summed E-state index contributed by atoms with van der Waals surface area (Å²) in [7, 11) is 1.34. The number of likely N-dealkylation sites (tertiary alicyclic amines) is 1. The average Bonchev–Trinajstić information content (AvgIpc) is 2.52. The Morgan fingerprint density at radius 3 is 2.36 bits per heavy atom. The smallest absolute Gasteiger partial charge is 0.422 e. The van der Waals surface area contributed by atoms with E-state index in [0.717, 1.165) is 25.7 Å². The van der Waals surface area contributed by atoms with Crippen LogP contribution in [0.25, 0.3) is 0 Å². The van der Waals surface area contributed by atoms with Crippen molar-refractivity contribution in [2.75, 3.05) is 32.1 Å². The number of amides is 2. The van der Waals surface area contributed by atoms with E-state index >= 15 is 0 Å². The number of hydrogen-bond acceptors (Lipinski definition) is 3. The van der Waals surface area contributed by atoms with Gasteiger partial charge in [0.2, 0.25) is 0 Å². The Labute approximate surface area is 145 Å². The molecule has 25 heavy (non-hydrogen) atoms. The van der Waals surface area contributed by atoms with Gasteiger partial charge >= 0.3 is 12.2 Å². The lowest BCUT2D eigenvalue weighted by molar-refractivity contribution is -0.153. The highest BCUT2D eigenvalue weighted by Crippen LogP contribution is 2.31. The molecule has 0 aliphatic carbocycles. The van der Waals surface area contributed by atoms with Crippen LogP contribution in [0.2, 0.25) is 0 Å². The van der Waals surface area contributed by atoms with Crippen molar-refractivity contribution < 1.29 is 27.4 Å². The Bertz CT molecular complexity index is 571. The molecule has 2 amide bonds. The van der Waals surface area contributed by atoms with Crippen molar-refractivity contribution in [3.8, 4) is 11.5 Å². The van der Waals surface area contributed by atoms with E-state index in [0.29, 0.717) is 18.8 Å². The molecule has 0 radical (unpaired) electrons. The predicted molar refractivity (Wildman–Crippen MR) is 88.2 cm³/mol. The summed E-state index contributed by atoms with van der Waals surface area (Å²) in [6.45, 7) is -0.0638. The summed E-state index contributed by atoms with van der Waals surface area (Å²) in [6, 6.07) is 4.12. The summed E-state index contributed by atoms with van der Waals surface area (Å²) in [5.41, 5.74) is 0.366. The van der Waals surface area contributed by atoms with Gasteiger partial charge in [-0.25, -0.2) is 4.79 Å². The minimum atomic E-state index is -4.45. The Hall–Kier alpha value is -2.12. The zero-order chi connectivity index (χ0) is 18.3. The van der Waals surface area contributed by atoms with Gasteiger partial charge in [-0.3, -0.25) is 0 Å². The Kier molecular flexibility index (Phi) is 6.78. The molecule has 1 aliphatic heterocycles. The van der Waals surface area contributed by atoms with E-state index in [1.54, 1.807) is 11.0 Å². The monoisotopic (exact) mass is 360 g/mol. The number of alkyl halides is 3. The molecular formula is C17H23F3N2O3. The lowest BCUT2D eigenvalue weighted by Crippen LogP contribution is -2.37. The van der Waals surface area contributed by atoms with Crippen LogP contribution < -0.4 is 14.8 Å². The van der Waals surface area contributed by atoms with Crippen LogP contribution in [0.5, 0.6) is 11.5 Å². The fourth-order valence-electron chi connectivity index (χ4n) is 2.68. The molecule has 1 aliphatic rings. The minimum Gasteiger partial charge on any atom is -0.493 e. The third-order valence-electron chi connectivity index (χ3n) is 3.95. The number of urea groups is 1. The second-order valence-corrected chi connectivity index (χ2v) is 5.95. The number of benzene rings is 1. The van der Waals surface area contributed by atoms with Crippen LogP contribution in [0.15, 0.2) is 18.2 Å². The third kappa shape index (κ3) is 6.36. The first-order valence-corrected chi connectivity index (χ1v) is 8.32. The fourth-order valence-corrected chi connectivity index (χ4v) is 2.68. The van der Waals surface area contributed by atoms with Gasteiger partial charge in [0, 0.05) is 24.8 Å². The highest BCUT2D eigenvalue weighted by Gasteiger charge is 2.29. The number of anilines is 1. The highest BCUT2D eigenvalue weighted by atomic mass is 19.4. The molecule has 1 N–H and O–H groups in total. The van der Waals surface area contributed by atoms with Crippen molar-refractivity contribution >= 4 is 11.7 Å². The molecule has 1 saturated heterocycles. The molecule has 0 unspecified atom stereocenters. The van der Waals surface area contributed by atoms with E-state index in [-0.39, 0.29) is 17.5 Å². The highest BCUT2D eigenvalue weighted by molar-refractivity contribution is 5.89. The van der Waals surface area contributed by atoms with Gasteiger partial charge < -0.3 is 19.7 Å². The average molecular weight is 360 g/mol. The zero-order valence-electron chi connectivity index (χ0n) is 14.2. The van der Waals surface area contributed by atoms with Crippen molar-refractivity contribution in [2.24, 2.45) is 0 Å². The Morgan fingerprint density at radius 2 is 1.76 bits per heavy atom. The van der Waals surface area contributed by atoms with Crippen molar-refractivity contribution in [3.63, 3.8) is 0 Å². The van der Waals surface area contributed by atoms with E-state index in [4.69, 9.17) is 9.47 Å². The summed E-state index contributed by atoms with van der Waals surface area (Å²) in [6.07, 6.45) is 0.845. The number of halogens is 3. The van der Waals surface area contributed by atoms with Gasteiger partial charge in [-0.15, -0.1) is 0 Å². The van der Waals surface area contributed by atoms with E-state index in [1.807, 2.05) is 0 Å². The first-order valence-electron chi connectivity index (χ1n) is 8.32. The standard InChI is InChI=1S/C17H23F3N2O3/c1-24-14-8-7-13(11-15(14)25-12-17(18,19)20)21-16(23)22-9-5-3-2-4-6-10-22/h7-8,11H,2-6,9-10,12H2,1H3,(H,21,23). The van der Waals surface area contributed by atoms with Crippen LogP contribution in [0, 0.1) is 0 Å². The molecule has 0 atom stereocenters. The number of methoxy groups -OCH3 is 1. The van der Waals surface area contributed by atoms with Gasteiger partial charge in [0.1, 0.15) is 0 Å². The molecule has 140 valence electrons. The van der Waals surface area contributed by atoms with Gasteiger partial charge in [-0.05, 0) is 25.0 Å². The topological polar surface area (TPSA) is 50.8 Å². The molecule has 2 rings (SSSR count). The molecular weight excluding hydrogens is 337 g/mol. The van der Waals surface area contributed by atoms with Gasteiger partial charge in [-0.1, -0.05) is 19.3 Å². The van der Waals surface area contributed by atoms with Gasteiger partial charge in [-0.2, -0.15) is 13.2 Å². The maximum Gasteiger partial charge on any atom is 0.422 e. The quantitative estimate of drug-likeness (QED) is 0.864. The summed E-state index contributed by atoms with van der Waals surface area (Å²) in [4.78, 5) is 14.1. The van der Waals surface area contributed by atoms with Crippen molar-refractivity contribution in [1.29, 1.82) is 0 Å². The van der Waals surface area contributed by atoms with Crippen molar-refractivity contribution in [3.05, 3.63) is 18.2 Å². The van der Waals surface area contributed by atoms with Crippen LogP contribution in [-0.4, -0.2) is 43.9 Å². The number of hydrogen-bond donors (Lipinski definition) is 1. The number of ether oxygens (including phenoxy) is 2. The number of nitrogens with one attached hydrogen (secondary N) is 1. The molecule has 0 spiro atoms. The largest absolute Gasteiger partial charge is 0.493 e. The molecule has 0 aromatic heterocycles. The molecule has 1 heterocycles. The normalized spacial score (nSPS) is 15.9. The second kappa shape index (κ2) is 8.82. The molecule has 0 bridgehead atoms. The van der Waals surface area contributed by atoms with E-state index in [1.165, 1.54) is 25.7 Å². The van der Waals surface area contributed by atoms with Crippen LogP contribution in [0.1, 0.15) is 32.1 Å². The summed E-state index contributed by atoms with van der Waals surface area (Å²) >= 11 is 0. The summed E-state index contributed by atoms with van der Waals surface area (Å²) < 4.78 is 46.9. The Morgan fingerprint density at radius 1 is 1.12 bits per heavy atom. The van der Waals surface area contributed by atoms with Crippen molar-refractivity contribution in [1.82, 2.24) is 4.90 Å². The van der Waals surface area contributed by atoms with Crippen molar-refractivity contribution in [2.45, 2.75) is 38.3 Å². The maximum atomic E-state index is 12.4. The molecule has 1 fully saturated rings. The molecule has 8 heteroatoms. The van der Waals surface area contributed by atoms with Crippen LogP contribution >= 0.6 is 0 Å². The number of rotatable bonds is 4. The predicted octanol–water partition coefficient (Wildman–Crippen LogP) is 4.43. The minimum absolute atomic E-state index is 0.0645. The third-order valence-corrected chi connectivity index (χ3v) is 3.95. The summed E-state index contributed by atoms with van der Waals surface area (Å²) in [5.74, 6) is 0.110. The molecule has 1 aromatic carbocycles. The SMILES string of the molecule is COc1ccc(NC(=O)N2CCCCCCC2)cc1OCC(F)(F)F. The fraction of sp³-hybridized carbons (Fsp3) is 0.588. The molecule has 0 saturated carbocycles. The van der Waals surface area contributed by atoms with E-state index in [9.17, 15) is 18.0 Å². The van der Waals surface area contributed by atoms with Crippen LogP contribution in [-0.2, 0) is 0 Å². The van der Waals surface area contributed by atoms with Gasteiger partial charge in [0.25, 0.3) is 0 Å². The first kappa shape index (κ1) is 19.2. The first-order chi connectivity index (χ1) is 11.9. The van der Waals surface area contributed by atoms with Gasteiger partial charge in [0.15, 0.2) is 18.1 Å². The van der Waals surface area contributed by atoms with Gasteiger partial charge in [0.05, 0.1) is 7.11 Å². The number of carbonyl (C=O) groups is 1. The van der Waals surface area contributed by atoms with Crippen LogP contribution in [0.4, 0.5) is 23.7 Å². The lowest BCUT2D eigenvalue weighted by Gasteiger charge is -2.25. The maximum absolute atomic E-state index is 12.4. The Balaban J connectivity index is 2.03.